The monoisotopic (exact) mass is 385 g/mol. The number of ether oxygens (including phenoxy) is 2. The van der Waals surface area contributed by atoms with E-state index in [2.05, 4.69) is 6.58 Å². The molecule has 0 saturated carbocycles. The lowest BCUT2D eigenvalue weighted by Gasteiger charge is -2.25. The fourth-order valence-electron chi connectivity index (χ4n) is 2.74. The van der Waals surface area contributed by atoms with Crippen molar-refractivity contribution in [2.45, 2.75) is 31.9 Å². The predicted molar refractivity (Wildman–Crippen MR) is 96.7 cm³/mol. The van der Waals surface area contributed by atoms with E-state index in [1.165, 1.54) is 0 Å². The molecular weight excluding hydrogens is 365 g/mol. The lowest BCUT2D eigenvalue weighted by Crippen LogP contribution is -2.35. The standard InChI is InChI=1S/C18H21Cl2NO4/c1-3-9-24-12(2)18(23)25-11-17(22)21-8-4-5-16(21)13-6-7-14(19)15(20)10-13/h3,6-7,10,12,16H,1,4-5,8-9,11H2,2H3. The number of esters is 1. The Hall–Kier alpha value is -1.56. The fraction of sp³-hybridized carbons (Fsp3) is 0.444. The minimum atomic E-state index is -0.741. The molecule has 1 aliphatic rings. The van der Waals surface area contributed by atoms with Gasteiger partial charge in [-0.05, 0) is 37.5 Å². The van der Waals surface area contributed by atoms with E-state index in [1.807, 2.05) is 6.07 Å². The van der Waals surface area contributed by atoms with Gasteiger partial charge in [0.1, 0.15) is 0 Å². The maximum atomic E-state index is 12.5. The molecule has 0 aromatic heterocycles. The number of halogens is 2. The van der Waals surface area contributed by atoms with E-state index in [0.29, 0.717) is 16.6 Å². The smallest absolute Gasteiger partial charge is 0.335 e. The Morgan fingerprint density at radius 1 is 1.40 bits per heavy atom. The van der Waals surface area contributed by atoms with Gasteiger partial charge in [-0.1, -0.05) is 35.3 Å². The molecule has 0 bridgehead atoms. The molecule has 0 radical (unpaired) electrons. The van der Waals surface area contributed by atoms with Gasteiger partial charge >= 0.3 is 5.97 Å². The Kier molecular flexibility index (Phi) is 7.29. The lowest BCUT2D eigenvalue weighted by atomic mass is 10.0. The second-order valence-corrected chi connectivity index (χ2v) is 6.61. The number of hydrogen-bond acceptors (Lipinski definition) is 4. The van der Waals surface area contributed by atoms with E-state index in [9.17, 15) is 9.59 Å². The first-order valence-electron chi connectivity index (χ1n) is 8.07. The first-order chi connectivity index (χ1) is 11.9. The molecule has 1 fully saturated rings. The number of amides is 1. The van der Waals surface area contributed by atoms with E-state index < -0.39 is 12.1 Å². The lowest BCUT2D eigenvalue weighted by molar-refractivity contribution is -0.160. The number of rotatable bonds is 7. The largest absolute Gasteiger partial charge is 0.454 e. The molecule has 7 heteroatoms. The molecule has 0 N–H and O–H groups in total. The van der Waals surface area contributed by atoms with Crippen LogP contribution in [0, 0.1) is 0 Å². The van der Waals surface area contributed by atoms with E-state index in [-0.39, 0.29) is 25.2 Å². The summed E-state index contributed by atoms with van der Waals surface area (Å²) in [5.74, 6) is -0.807. The molecule has 2 unspecified atom stereocenters. The summed E-state index contributed by atoms with van der Waals surface area (Å²) >= 11 is 12.0. The summed E-state index contributed by atoms with van der Waals surface area (Å²) in [4.78, 5) is 26.0. The first kappa shape index (κ1) is 19.8. The number of likely N-dealkylation sites (tertiary alicyclic amines) is 1. The zero-order valence-electron chi connectivity index (χ0n) is 14.0. The summed E-state index contributed by atoms with van der Waals surface area (Å²) in [6.45, 7) is 5.64. The van der Waals surface area contributed by atoms with Crippen LogP contribution in [-0.2, 0) is 19.1 Å². The van der Waals surface area contributed by atoms with Gasteiger partial charge in [0.25, 0.3) is 5.91 Å². The molecule has 1 aliphatic heterocycles. The highest BCUT2D eigenvalue weighted by molar-refractivity contribution is 6.42. The maximum absolute atomic E-state index is 12.5. The van der Waals surface area contributed by atoms with Gasteiger partial charge in [0.15, 0.2) is 12.7 Å². The quantitative estimate of drug-likeness (QED) is 0.529. The van der Waals surface area contributed by atoms with Crippen LogP contribution in [0.2, 0.25) is 10.0 Å². The molecule has 1 aromatic rings. The van der Waals surface area contributed by atoms with Gasteiger partial charge in [0, 0.05) is 6.54 Å². The molecule has 0 aliphatic carbocycles. The van der Waals surface area contributed by atoms with Gasteiger partial charge in [0.05, 0.1) is 22.7 Å². The molecule has 1 amide bonds. The van der Waals surface area contributed by atoms with Crippen LogP contribution in [0.5, 0.6) is 0 Å². The maximum Gasteiger partial charge on any atom is 0.335 e. The van der Waals surface area contributed by atoms with E-state index >= 15 is 0 Å². The molecule has 0 spiro atoms. The molecule has 2 rings (SSSR count). The Morgan fingerprint density at radius 3 is 2.84 bits per heavy atom. The third kappa shape index (κ3) is 5.21. The van der Waals surface area contributed by atoms with E-state index in [0.717, 1.165) is 18.4 Å². The van der Waals surface area contributed by atoms with Crippen LogP contribution in [0.25, 0.3) is 0 Å². The molecule has 2 atom stereocenters. The van der Waals surface area contributed by atoms with Crippen molar-refractivity contribution in [2.24, 2.45) is 0 Å². The molecule has 1 aromatic carbocycles. The minimum Gasteiger partial charge on any atom is -0.454 e. The molecule has 25 heavy (non-hydrogen) atoms. The number of nitrogens with zero attached hydrogens (tertiary/aromatic N) is 1. The van der Waals surface area contributed by atoms with Gasteiger partial charge in [-0.2, -0.15) is 0 Å². The number of benzene rings is 1. The van der Waals surface area contributed by atoms with Gasteiger partial charge in [0.2, 0.25) is 0 Å². The van der Waals surface area contributed by atoms with E-state index in [1.54, 1.807) is 30.0 Å². The van der Waals surface area contributed by atoms with Crippen molar-refractivity contribution in [3.05, 3.63) is 46.5 Å². The Bertz CT molecular complexity index is 650. The average molecular weight is 386 g/mol. The van der Waals surface area contributed by atoms with Gasteiger partial charge in [-0.3, -0.25) is 4.79 Å². The zero-order valence-corrected chi connectivity index (χ0v) is 15.6. The first-order valence-corrected chi connectivity index (χ1v) is 8.83. The third-order valence-corrected chi connectivity index (χ3v) is 4.77. The topological polar surface area (TPSA) is 55.8 Å². The molecular formula is C18H21Cl2NO4. The number of carbonyl (C=O) groups is 2. The van der Waals surface area contributed by atoms with Crippen LogP contribution in [0.4, 0.5) is 0 Å². The molecule has 5 nitrogen and oxygen atoms in total. The summed E-state index contributed by atoms with van der Waals surface area (Å²) in [7, 11) is 0. The van der Waals surface area contributed by atoms with Crippen LogP contribution in [0.3, 0.4) is 0 Å². The van der Waals surface area contributed by atoms with Crippen molar-refractivity contribution in [1.82, 2.24) is 4.90 Å². The molecule has 1 saturated heterocycles. The molecule has 136 valence electrons. The highest BCUT2D eigenvalue weighted by Crippen LogP contribution is 2.34. The van der Waals surface area contributed by atoms with Gasteiger partial charge in [-0.25, -0.2) is 4.79 Å². The van der Waals surface area contributed by atoms with Gasteiger partial charge in [-0.15, -0.1) is 6.58 Å². The van der Waals surface area contributed by atoms with Crippen LogP contribution in [0.15, 0.2) is 30.9 Å². The number of carbonyl (C=O) groups excluding carboxylic acids is 2. The van der Waals surface area contributed by atoms with Crippen LogP contribution in [0.1, 0.15) is 31.4 Å². The summed E-state index contributed by atoms with van der Waals surface area (Å²) in [6.07, 6.45) is 2.51. The van der Waals surface area contributed by atoms with Crippen LogP contribution in [-0.4, -0.2) is 42.6 Å². The van der Waals surface area contributed by atoms with E-state index in [4.69, 9.17) is 32.7 Å². The second kappa shape index (κ2) is 9.22. The SMILES string of the molecule is C=CCOC(C)C(=O)OCC(=O)N1CCCC1c1ccc(Cl)c(Cl)c1. The summed E-state index contributed by atoms with van der Waals surface area (Å²) in [5.41, 5.74) is 0.925. The van der Waals surface area contributed by atoms with Crippen molar-refractivity contribution in [3.8, 4) is 0 Å². The summed E-state index contributed by atoms with van der Waals surface area (Å²) < 4.78 is 10.2. The van der Waals surface area contributed by atoms with Crippen LogP contribution < -0.4 is 0 Å². The van der Waals surface area contributed by atoms with Crippen molar-refractivity contribution in [1.29, 1.82) is 0 Å². The molecule has 1 heterocycles. The van der Waals surface area contributed by atoms with Gasteiger partial charge < -0.3 is 14.4 Å². The summed E-state index contributed by atoms with van der Waals surface area (Å²) in [6, 6.07) is 5.27. The highest BCUT2D eigenvalue weighted by atomic mass is 35.5. The normalized spacial score (nSPS) is 18.0. The van der Waals surface area contributed by atoms with Crippen LogP contribution >= 0.6 is 23.2 Å². The third-order valence-electron chi connectivity index (χ3n) is 4.04. The minimum absolute atomic E-state index is 0.0876. The van der Waals surface area contributed by atoms with Crippen molar-refractivity contribution >= 4 is 35.1 Å². The number of hydrogen-bond donors (Lipinski definition) is 0. The second-order valence-electron chi connectivity index (χ2n) is 5.79. The average Bonchev–Trinajstić information content (AvgIpc) is 3.09. The zero-order chi connectivity index (χ0) is 18.4. The van der Waals surface area contributed by atoms with Crippen molar-refractivity contribution in [3.63, 3.8) is 0 Å². The fourth-order valence-corrected chi connectivity index (χ4v) is 3.05. The van der Waals surface area contributed by atoms with Crippen molar-refractivity contribution in [2.75, 3.05) is 19.8 Å². The Morgan fingerprint density at radius 2 is 2.16 bits per heavy atom. The Labute approximate surface area is 157 Å². The Balaban J connectivity index is 1.95. The predicted octanol–water partition coefficient (Wildman–Crippen LogP) is 3.79. The highest BCUT2D eigenvalue weighted by Gasteiger charge is 2.31. The summed E-state index contributed by atoms with van der Waals surface area (Å²) in [5, 5.41) is 0.932. The van der Waals surface area contributed by atoms with Crippen molar-refractivity contribution < 1.29 is 19.1 Å².